The molecule has 9 heteroatoms. The van der Waals surface area contributed by atoms with Gasteiger partial charge in [-0.05, 0) is 18.2 Å². The molecule has 2 aromatic carbocycles. The SMILES string of the molecule is O=C(NN=Cc1cc([N+](=O)[O-])ccc1O)C1COc2ccccc2O1. The van der Waals surface area contributed by atoms with Crippen LogP contribution in [0, 0.1) is 10.1 Å². The molecule has 1 amide bonds. The Hall–Kier alpha value is -3.62. The van der Waals surface area contributed by atoms with E-state index < -0.39 is 16.9 Å². The van der Waals surface area contributed by atoms with Crippen molar-refractivity contribution < 1.29 is 24.3 Å². The molecule has 2 N–H and O–H groups in total. The second-order valence-corrected chi connectivity index (χ2v) is 5.10. The Kier molecular flexibility index (Phi) is 4.46. The van der Waals surface area contributed by atoms with E-state index in [2.05, 4.69) is 10.5 Å². The van der Waals surface area contributed by atoms with Crippen LogP contribution < -0.4 is 14.9 Å². The fourth-order valence-corrected chi connectivity index (χ4v) is 2.15. The van der Waals surface area contributed by atoms with E-state index in [1.165, 1.54) is 6.07 Å². The zero-order chi connectivity index (χ0) is 17.8. The van der Waals surface area contributed by atoms with Gasteiger partial charge in [-0.1, -0.05) is 12.1 Å². The Morgan fingerprint density at radius 2 is 2.08 bits per heavy atom. The molecule has 0 saturated heterocycles. The number of benzene rings is 2. The van der Waals surface area contributed by atoms with Gasteiger partial charge in [0.15, 0.2) is 11.5 Å². The van der Waals surface area contributed by atoms with Crippen molar-refractivity contribution >= 4 is 17.8 Å². The zero-order valence-corrected chi connectivity index (χ0v) is 12.8. The molecule has 9 nitrogen and oxygen atoms in total. The maximum atomic E-state index is 12.1. The molecule has 128 valence electrons. The van der Waals surface area contributed by atoms with Crippen LogP contribution in [0.1, 0.15) is 5.56 Å². The van der Waals surface area contributed by atoms with Crippen LogP contribution in [0.4, 0.5) is 5.69 Å². The van der Waals surface area contributed by atoms with Gasteiger partial charge in [-0.15, -0.1) is 0 Å². The fourth-order valence-electron chi connectivity index (χ4n) is 2.15. The Balaban J connectivity index is 1.64. The molecule has 0 fully saturated rings. The number of nitrogens with one attached hydrogen (secondary N) is 1. The molecule has 0 aliphatic carbocycles. The van der Waals surface area contributed by atoms with E-state index in [4.69, 9.17) is 9.47 Å². The lowest BCUT2D eigenvalue weighted by Crippen LogP contribution is -2.42. The van der Waals surface area contributed by atoms with Gasteiger partial charge in [0.1, 0.15) is 12.4 Å². The molecule has 0 saturated carbocycles. The van der Waals surface area contributed by atoms with E-state index in [-0.39, 0.29) is 23.6 Å². The predicted molar refractivity (Wildman–Crippen MR) is 86.9 cm³/mol. The first kappa shape index (κ1) is 16.2. The number of phenolic OH excluding ortho intramolecular Hbond substituents is 1. The molecule has 0 bridgehead atoms. The lowest BCUT2D eigenvalue weighted by Gasteiger charge is -2.24. The Labute approximate surface area is 141 Å². The van der Waals surface area contributed by atoms with Crippen molar-refractivity contribution in [3.8, 4) is 17.2 Å². The summed E-state index contributed by atoms with van der Waals surface area (Å²) >= 11 is 0. The molecule has 2 aromatic rings. The second-order valence-electron chi connectivity index (χ2n) is 5.10. The molecular weight excluding hydrogens is 330 g/mol. The highest BCUT2D eigenvalue weighted by Gasteiger charge is 2.27. The minimum atomic E-state index is -0.884. The first-order valence-corrected chi connectivity index (χ1v) is 7.23. The number of carbonyl (C=O) groups excluding carboxylic acids is 1. The monoisotopic (exact) mass is 343 g/mol. The van der Waals surface area contributed by atoms with Crippen molar-refractivity contribution in [2.75, 3.05) is 6.61 Å². The number of ether oxygens (including phenoxy) is 2. The Morgan fingerprint density at radius 1 is 1.32 bits per heavy atom. The Bertz CT molecular complexity index is 852. The summed E-state index contributed by atoms with van der Waals surface area (Å²) in [6, 6.07) is 10.4. The molecule has 0 aromatic heterocycles. The fraction of sp³-hybridized carbons (Fsp3) is 0.125. The molecule has 1 aliphatic rings. The van der Waals surface area contributed by atoms with Crippen LogP contribution in [-0.2, 0) is 4.79 Å². The maximum Gasteiger partial charge on any atom is 0.284 e. The van der Waals surface area contributed by atoms with Crippen molar-refractivity contribution in [3.05, 3.63) is 58.1 Å². The Morgan fingerprint density at radius 3 is 2.84 bits per heavy atom. The number of hydrogen-bond donors (Lipinski definition) is 2. The van der Waals surface area contributed by atoms with Gasteiger partial charge in [-0.2, -0.15) is 5.10 Å². The van der Waals surface area contributed by atoms with Gasteiger partial charge >= 0.3 is 0 Å². The summed E-state index contributed by atoms with van der Waals surface area (Å²) in [5.74, 6) is 0.260. The van der Waals surface area contributed by atoms with Crippen LogP contribution in [-0.4, -0.2) is 34.9 Å². The average molecular weight is 343 g/mol. The van der Waals surface area contributed by atoms with E-state index in [0.717, 1.165) is 18.3 Å². The second kappa shape index (κ2) is 6.87. The van der Waals surface area contributed by atoms with Crippen LogP contribution >= 0.6 is 0 Å². The van der Waals surface area contributed by atoms with Gasteiger partial charge in [-0.25, -0.2) is 5.43 Å². The highest BCUT2D eigenvalue weighted by Crippen LogP contribution is 2.30. The summed E-state index contributed by atoms with van der Waals surface area (Å²) in [7, 11) is 0. The van der Waals surface area contributed by atoms with Crippen LogP contribution in [0.15, 0.2) is 47.6 Å². The van der Waals surface area contributed by atoms with Gasteiger partial charge in [0.25, 0.3) is 11.6 Å². The minimum absolute atomic E-state index is 0.0282. The lowest BCUT2D eigenvalue weighted by atomic mass is 10.2. The molecule has 1 atom stereocenters. The van der Waals surface area contributed by atoms with Crippen LogP contribution in [0.2, 0.25) is 0 Å². The number of nitro groups is 1. The van der Waals surface area contributed by atoms with E-state index in [9.17, 15) is 20.0 Å². The number of fused-ring (bicyclic) bond motifs is 1. The quantitative estimate of drug-likeness (QED) is 0.494. The molecule has 1 heterocycles. The number of aromatic hydroxyl groups is 1. The van der Waals surface area contributed by atoms with Crippen LogP contribution in [0.25, 0.3) is 0 Å². The van der Waals surface area contributed by atoms with Crippen molar-refractivity contribution in [2.24, 2.45) is 5.10 Å². The average Bonchev–Trinajstić information content (AvgIpc) is 2.62. The number of phenols is 1. The third-order valence-corrected chi connectivity index (χ3v) is 3.40. The number of nitro benzene ring substituents is 1. The van der Waals surface area contributed by atoms with Crippen molar-refractivity contribution in [1.29, 1.82) is 0 Å². The highest BCUT2D eigenvalue weighted by atomic mass is 16.6. The molecular formula is C16H13N3O6. The lowest BCUT2D eigenvalue weighted by molar-refractivity contribution is -0.384. The van der Waals surface area contributed by atoms with Gasteiger partial charge < -0.3 is 14.6 Å². The van der Waals surface area contributed by atoms with Crippen LogP contribution in [0.5, 0.6) is 17.2 Å². The molecule has 3 rings (SSSR count). The number of para-hydroxylation sites is 2. The molecule has 0 spiro atoms. The molecule has 1 aliphatic heterocycles. The van der Waals surface area contributed by atoms with Gasteiger partial charge in [-0.3, -0.25) is 14.9 Å². The van der Waals surface area contributed by atoms with Crippen molar-refractivity contribution in [2.45, 2.75) is 6.10 Å². The summed E-state index contributed by atoms with van der Waals surface area (Å²) in [4.78, 5) is 22.2. The van der Waals surface area contributed by atoms with Gasteiger partial charge in [0.05, 0.1) is 11.1 Å². The standard InChI is InChI=1S/C16H13N3O6/c20-12-6-5-11(19(22)23)7-10(12)8-17-18-16(21)15-9-24-13-3-1-2-4-14(13)25-15/h1-8,15,20H,9H2,(H,18,21). The third kappa shape index (κ3) is 3.66. The summed E-state index contributed by atoms with van der Waals surface area (Å²) in [6.07, 6.45) is 0.225. The zero-order valence-electron chi connectivity index (χ0n) is 12.8. The summed E-state index contributed by atoms with van der Waals surface area (Å²) in [6.45, 7) is 0.0282. The summed E-state index contributed by atoms with van der Waals surface area (Å²) < 4.78 is 11.0. The molecule has 1 unspecified atom stereocenters. The van der Waals surface area contributed by atoms with E-state index in [1.54, 1.807) is 24.3 Å². The van der Waals surface area contributed by atoms with E-state index >= 15 is 0 Å². The smallest absolute Gasteiger partial charge is 0.284 e. The minimum Gasteiger partial charge on any atom is -0.507 e. The predicted octanol–water partition coefficient (Wildman–Crippen LogP) is 1.59. The third-order valence-electron chi connectivity index (χ3n) is 3.40. The van der Waals surface area contributed by atoms with Gasteiger partial charge in [0.2, 0.25) is 6.10 Å². The number of nitrogens with zero attached hydrogens (tertiary/aromatic N) is 2. The molecule has 25 heavy (non-hydrogen) atoms. The van der Waals surface area contributed by atoms with Crippen molar-refractivity contribution in [1.82, 2.24) is 5.43 Å². The topological polar surface area (TPSA) is 123 Å². The van der Waals surface area contributed by atoms with Crippen molar-refractivity contribution in [3.63, 3.8) is 0 Å². The first-order valence-electron chi connectivity index (χ1n) is 7.23. The first-order chi connectivity index (χ1) is 12.0. The van der Waals surface area contributed by atoms with E-state index in [1.807, 2.05) is 0 Å². The summed E-state index contributed by atoms with van der Waals surface area (Å²) in [5.41, 5.74) is 2.15. The number of rotatable bonds is 4. The number of non-ortho nitro benzene ring substituents is 1. The maximum absolute atomic E-state index is 12.1. The largest absolute Gasteiger partial charge is 0.507 e. The highest BCUT2D eigenvalue weighted by molar-refractivity contribution is 5.87. The number of hydrazone groups is 1. The number of hydrogen-bond acceptors (Lipinski definition) is 7. The van der Waals surface area contributed by atoms with E-state index in [0.29, 0.717) is 11.5 Å². The number of carbonyl (C=O) groups is 1. The summed E-state index contributed by atoms with van der Waals surface area (Å²) in [5, 5.41) is 24.1. The molecule has 0 radical (unpaired) electrons. The van der Waals surface area contributed by atoms with Crippen LogP contribution in [0.3, 0.4) is 0 Å². The number of amides is 1. The normalized spacial score (nSPS) is 15.8. The van der Waals surface area contributed by atoms with Gasteiger partial charge in [0, 0.05) is 17.7 Å².